The largest absolute Gasteiger partial charge is 0.465 e. The van der Waals surface area contributed by atoms with Crippen LogP contribution in [0.5, 0.6) is 0 Å². The van der Waals surface area contributed by atoms with Crippen LogP contribution in [0.15, 0.2) is 35.5 Å². The van der Waals surface area contributed by atoms with Crippen molar-refractivity contribution in [3.8, 4) is 0 Å². The summed E-state index contributed by atoms with van der Waals surface area (Å²) in [6.07, 6.45) is 0.505. The van der Waals surface area contributed by atoms with E-state index in [9.17, 15) is 15.0 Å². The maximum absolute atomic E-state index is 11.9. The third-order valence-corrected chi connectivity index (χ3v) is 6.34. The van der Waals surface area contributed by atoms with Crippen molar-refractivity contribution < 1.29 is 15.0 Å². The lowest BCUT2D eigenvalue weighted by atomic mass is 10.0. The third-order valence-electron chi connectivity index (χ3n) is 5.21. The fourth-order valence-corrected chi connectivity index (χ4v) is 4.77. The molecule has 3 rings (SSSR count). The topological polar surface area (TPSA) is 89.8 Å². The van der Waals surface area contributed by atoms with Gasteiger partial charge in [-0.1, -0.05) is 65.3 Å². The average molecular weight is 471 g/mol. The highest BCUT2D eigenvalue weighted by molar-refractivity contribution is 7.98. The van der Waals surface area contributed by atoms with Gasteiger partial charge in [-0.2, -0.15) is 0 Å². The molecule has 1 amide bonds. The van der Waals surface area contributed by atoms with E-state index in [0.717, 1.165) is 13.1 Å². The maximum atomic E-state index is 11.9. The molecule has 1 fully saturated rings. The Kier molecular flexibility index (Phi) is 8.19. The van der Waals surface area contributed by atoms with Crippen molar-refractivity contribution in [2.75, 3.05) is 25.9 Å². The second kappa shape index (κ2) is 10.6. The van der Waals surface area contributed by atoms with Crippen molar-refractivity contribution in [1.82, 2.24) is 19.8 Å². The first kappa shape index (κ1) is 23.1. The van der Waals surface area contributed by atoms with Crippen LogP contribution >= 0.6 is 35.0 Å². The normalized spacial score (nSPS) is 18.8. The Hall–Kier alpha value is -1.58. The Morgan fingerprint density at radius 2 is 1.87 bits per heavy atom. The van der Waals surface area contributed by atoms with E-state index in [4.69, 9.17) is 23.2 Å². The van der Waals surface area contributed by atoms with E-state index in [0.29, 0.717) is 24.7 Å². The minimum absolute atomic E-state index is 0.0908. The third kappa shape index (κ3) is 5.76. The minimum atomic E-state index is -1.06. The summed E-state index contributed by atoms with van der Waals surface area (Å²) in [5.74, 6) is 0. The number of halogens is 2. The van der Waals surface area contributed by atoms with Crippen molar-refractivity contribution in [2.45, 2.75) is 36.7 Å². The quantitative estimate of drug-likeness (QED) is 0.371. The molecule has 2 aromatic rings. The average Bonchev–Trinajstić information content (AvgIpc) is 2.90. The van der Waals surface area contributed by atoms with Crippen molar-refractivity contribution >= 4 is 41.1 Å². The lowest BCUT2D eigenvalue weighted by Crippen LogP contribution is -2.41. The number of nitrogens with zero attached hydrogens (tertiary/aromatic N) is 4. The first-order chi connectivity index (χ1) is 14.4. The number of carboxylic acid groups (broad SMARTS) is 1. The Bertz CT molecular complexity index is 851. The van der Waals surface area contributed by atoms with E-state index in [1.54, 1.807) is 6.26 Å². The van der Waals surface area contributed by atoms with Gasteiger partial charge in [-0.05, 0) is 24.7 Å². The molecular formula is C20H24Cl2N4O3S. The van der Waals surface area contributed by atoms with Gasteiger partial charge in [-0.25, -0.2) is 14.8 Å². The molecule has 1 saturated heterocycles. The van der Waals surface area contributed by atoms with E-state index >= 15 is 0 Å². The van der Waals surface area contributed by atoms with Crippen molar-refractivity contribution in [3.63, 3.8) is 0 Å². The highest BCUT2D eigenvalue weighted by atomic mass is 35.5. The molecule has 162 valence electrons. The first-order valence-electron chi connectivity index (χ1n) is 9.60. The highest BCUT2D eigenvalue weighted by Crippen LogP contribution is 2.33. The molecule has 0 radical (unpaired) electrons. The van der Waals surface area contributed by atoms with Crippen LogP contribution in [0.4, 0.5) is 4.79 Å². The Balaban J connectivity index is 1.72. The van der Waals surface area contributed by atoms with E-state index < -0.39 is 12.2 Å². The lowest BCUT2D eigenvalue weighted by Gasteiger charge is -2.29. The summed E-state index contributed by atoms with van der Waals surface area (Å²) < 4.78 is 0. The van der Waals surface area contributed by atoms with Gasteiger partial charge in [0.15, 0.2) is 5.16 Å². The molecular weight excluding hydrogens is 447 g/mol. The molecule has 0 spiro atoms. The molecule has 2 unspecified atom stereocenters. The zero-order valence-corrected chi connectivity index (χ0v) is 18.9. The first-order valence-corrected chi connectivity index (χ1v) is 11.6. The van der Waals surface area contributed by atoms with Gasteiger partial charge in [0.1, 0.15) is 10.3 Å². The van der Waals surface area contributed by atoms with Gasteiger partial charge in [0.25, 0.3) is 0 Å². The van der Waals surface area contributed by atoms with Crippen LogP contribution in [-0.4, -0.2) is 68.0 Å². The number of amides is 1. The van der Waals surface area contributed by atoms with Crippen molar-refractivity contribution in [2.24, 2.45) is 0 Å². The molecule has 30 heavy (non-hydrogen) atoms. The van der Waals surface area contributed by atoms with E-state index in [1.807, 2.05) is 18.2 Å². The molecule has 2 heterocycles. The molecule has 2 N–H and O–H groups in total. The second-order valence-corrected chi connectivity index (χ2v) is 8.63. The number of hydrogen-bond acceptors (Lipinski definition) is 6. The summed E-state index contributed by atoms with van der Waals surface area (Å²) >= 11 is 13.7. The van der Waals surface area contributed by atoms with E-state index in [2.05, 4.69) is 27.0 Å². The number of carbonyl (C=O) groups is 1. The smallest absolute Gasteiger partial charge is 0.407 e. The molecule has 0 saturated carbocycles. The Labute approximate surface area is 190 Å². The van der Waals surface area contributed by atoms with Gasteiger partial charge in [0.2, 0.25) is 0 Å². The zero-order valence-electron chi connectivity index (χ0n) is 16.5. The van der Waals surface area contributed by atoms with Crippen LogP contribution < -0.4 is 0 Å². The summed E-state index contributed by atoms with van der Waals surface area (Å²) in [7, 11) is 0. The summed E-state index contributed by atoms with van der Waals surface area (Å²) in [5, 5.41) is 21.1. The number of rotatable bonds is 6. The molecule has 1 aromatic heterocycles. The van der Waals surface area contributed by atoms with Crippen LogP contribution in [0.2, 0.25) is 10.3 Å². The van der Waals surface area contributed by atoms with Crippen LogP contribution in [0.25, 0.3) is 0 Å². The Morgan fingerprint density at radius 1 is 1.20 bits per heavy atom. The monoisotopic (exact) mass is 470 g/mol. The standard InChI is InChI=1S/C20H24Cl2N4O3S/c1-30-19-23-17(21)16(18(22)24-19)15(27)11-14-7-8-25(9-10-26(14)20(28)29)12-13-5-3-2-4-6-13/h2-6,14-15,27H,7-12H2,1H3,(H,28,29). The number of thioether (sulfide) groups is 1. The number of hydrogen-bond donors (Lipinski definition) is 2. The van der Waals surface area contributed by atoms with Crippen molar-refractivity contribution in [1.29, 1.82) is 0 Å². The molecule has 0 aliphatic carbocycles. The van der Waals surface area contributed by atoms with Gasteiger partial charge in [-0.15, -0.1) is 0 Å². The molecule has 2 atom stereocenters. The van der Waals surface area contributed by atoms with Crippen LogP contribution in [0, 0.1) is 0 Å². The molecule has 1 aliphatic heterocycles. The number of aliphatic hydroxyl groups excluding tert-OH is 1. The molecule has 7 nitrogen and oxygen atoms in total. The summed E-state index contributed by atoms with van der Waals surface area (Å²) in [6.45, 7) is 2.47. The molecule has 10 heteroatoms. The molecule has 1 aromatic carbocycles. The van der Waals surface area contributed by atoms with E-state index in [-0.39, 0.29) is 28.3 Å². The predicted molar refractivity (Wildman–Crippen MR) is 118 cm³/mol. The minimum Gasteiger partial charge on any atom is -0.465 e. The summed E-state index contributed by atoms with van der Waals surface area (Å²) in [4.78, 5) is 23.8. The zero-order chi connectivity index (χ0) is 21.7. The van der Waals surface area contributed by atoms with Gasteiger partial charge >= 0.3 is 6.09 Å². The highest BCUT2D eigenvalue weighted by Gasteiger charge is 2.31. The fourth-order valence-electron chi connectivity index (χ4n) is 3.67. The predicted octanol–water partition coefficient (Wildman–Crippen LogP) is 4.18. The number of benzene rings is 1. The fraction of sp³-hybridized carbons (Fsp3) is 0.450. The maximum Gasteiger partial charge on any atom is 0.407 e. The van der Waals surface area contributed by atoms with Crippen molar-refractivity contribution in [3.05, 3.63) is 51.8 Å². The van der Waals surface area contributed by atoms with Crippen LogP contribution in [0.3, 0.4) is 0 Å². The number of aromatic nitrogens is 2. The van der Waals surface area contributed by atoms with Gasteiger partial charge in [-0.3, -0.25) is 4.90 Å². The molecule has 1 aliphatic rings. The van der Waals surface area contributed by atoms with Crippen LogP contribution in [0.1, 0.15) is 30.1 Å². The van der Waals surface area contributed by atoms with Gasteiger partial charge in [0, 0.05) is 32.2 Å². The summed E-state index contributed by atoms with van der Waals surface area (Å²) in [5.41, 5.74) is 1.43. The lowest BCUT2D eigenvalue weighted by molar-refractivity contribution is 0.0914. The van der Waals surface area contributed by atoms with Gasteiger partial charge < -0.3 is 15.1 Å². The Morgan fingerprint density at radius 3 is 2.47 bits per heavy atom. The number of aliphatic hydroxyl groups is 1. The van der Waals surface area contributed by atoms with E-state index in [1.165, 1.54) is 22.2 Å². The SMILES string of the molecule is CSc1nc(Cl)c(C(O)CC2CCN(Cc3ccccc3)CCN2C(=O)O)c(Cl)n1. The molecule has 0 bridgehead atoms. The second-order valence-electron chi connectivity index (χ2n) is 7.14. The van der Waals surface area contributed by atoms with Gasteiger partial charge in [0.05, 0.1) is 11.7 Å². The summed E-state index contributed by atoms with van der Waals surface area (Å²) in [6, 6.07) is 9.71. The van der Waals surface area contributed by atoms with Crippen LogP contribution in [-0.2, 0) is 6.54 Å².